The summed E-state index contributed by atoms with van der Waals surface area (Å²) < 4.78 is 5.26. The van der Waals surface area contributed by atoms with Gasteiger partial charge >= 0.3 is 6.03 Å². The van der Waals surface area contributed by atoms with Gasteiger partial charge in [0, 0.05) is 11.5 Å². The fourth-order valence-electron chi connectivity index (χ4n) is 3.56. The minimum Gasteiger partial charge on any atom is -0.497 e. The molecule has 164 valence electrons. The Labute approximate surface area is 189 Å². The molecule has 4 amide bonds. The van der Waals surface area contributed by atoms with Crippen LogP contribution in [0.1, 0.15) is 18.1 Å². The summed E-state index contributed by atoms with van der Waals surface area (Å²) >= 11 is 1.22. The molecule has 0 saturated carbocycles. The number of amides is 4. The van der Waals surface area contributed by atoms with Crippen molar-refractivity contribution in [3.05, 3.63) is 65.7 Å². The fourth-order valence-corrected chi connectivity index (χ4v) is 4.32. The van der Waals surface area contributed by atoms with Gasteiger partial charge in [0.1, 0.15) is 11.3 Å². The van der Waals surface area contributed by atoms with Crippen LogP contribution >= 0.6 is 11.8 Å². The molecule has 0 unspecified atom stereocenters. The molecule has 4 rings (SSSR count). The second kappa shape index (κ2) is 8.51. The van der Waals surface area contributed by atoms with Gasteiger partial charge in [-0.1, -0.05) is 42.1 Å². The molecule has 1 saturated heterocycles. The molecule has 2 N–H and O–H groups in total. The fraction of sp³-hybridized carbons (Fsp3) is 0.217. The number of nitrogens with one attached hydrogen (secondary N) is 2. The van der Waals surface area contributed by atoms with Crippen LogP contribution in [0.15, 0.2) is 59.6 Å². The Bertz CT molecular complexity index is 1220. The number of thioether (sulfide) groups is 1. The van der Waals surface area contributed by atoms with Crippen LogP contribution < -0.4 is 15.5 Å². The summed E-state index contributed by atoms with van der Waals surface area (Å²) in [7, 11) is 1.59. The van der Waals surface area contributed by atoms with Gasteiger partial charge in [-0.25, -0.2) is 9.78 Å². The highest BCUT2D eigenvalue weighted by Crippen LogP contribution is 2.28. The number of pyridine rings is 1. The van der Waals surface area contributed by atoms with Gasteiger partial charge in [-0.3, -0.25) is 15.0 Å². The summed E-state index contributed by atoms with van der Waals surface area (Å²) in [5.74, 6) is -0.342. The van der Waals surface area contributed by atoms with E-state index in [1.807, 2.05) is 37.3 Å². The van der Waals surface area contributed by atoms with Crippen LogP contribution in [0.4, 0.5) is 4.79 Å². The summed E-state index contributed by atoms with van der Waals surface area (Å²) in [5.41, 5.74) is 3.59. The molecule has 2 heterocycles. The van der Waals surface area contributed by atoms with E-state index in [-0.39, 0.29) is 5.75 Å². The number of carbonyl (C=O) groups is 3. The Morgan fingerprint density at radius 3 is 2.66 bits per heavy atom. The van der Waals surface area contributed by atoms with Crippen LogP contribution in [0.25, 0.3) is 10.9 Å². The number of nitrogens with zero attached hydrogens (tertiary/aromatic N) is 2. The van der Waals surface area contributed by atoms with E-state index in [1.54, 1.807) is 38.3 Å². The number of benzene rings is 2. The van der Waals surface area contributed by atoms with Crippen molar-refractivity contribution in [2.45, 2.75) is 24.4 Å². The predicted molar refractivity (Wildman–Crippen MR) is 121 cm³/mol. The zero-order chi connectivity index (χ0) is 22.9. The molecule has 2 aromatic carbocycles. The monoisotopic (exact) mass is 450 g/mol. The molecule has 32 heavy (non-hydrogen) atoms. The number of imide groups is 1. The minimum atomic E-state index is -1.24. The van der Waals surface area contributed by atoms with E-state index >= 15 is 0 Å². The second-order valence-corrected chi connectivity index (χ2v) is 8.54. The predicted octanol–water partition coefficient (Wildman–Crippen LogP) is 3.14. The summed E-state index contributed by atoms with van der Waals surface area (Å²) in [6, 6.07) is 15.8. The Morgan fingerprint density at radius 1 is 1.19 bits per heavy atom. The summed E-state index contributed by atoms with van der Waals surface area (Å²) in [6.45, 7) is 3.58. The number of rotatable bonds is 6. The quantitative estimate of drug-likeness (QED) is 0.442. The molecule has 1 aliphatic rings. The van der Waals surface area contributed by atoms with Crippen LogP contribution in [0.2, 0.25) is 0 Å². The zero-order valence-electron chi connectivity index (χ0n) is 17.8. The maximum atomic E-state index is 12.9. The van der Waals surface area contributed by atoms with Crippen molar-refractivity contribution in [2.75, 3.05) is 12.9 Å². The van der Waals surface area contributed by atoms with E-state index in [2.05, 4.69) is 15.7 Å². The largest absolute Gasteiger partial charge is 0.497 e. The average Bonchev–Trinajstić information content (AvgIpc) is 3.01. The second-order valence-electron chi connectivity index (χ2n) is 7.55. The normalized spacial score (nSPS) is 18.0. The van der Waals surface area contributed by atoms with Gasteiger partial charge in [-0.05, 0) is 43.2 Å². The van der Waals surface area contributed by atoms with Crippen molar-refractivity contribution in [1.29, 1.82) is 0 Å². The van der Waals surface area contributed by atoms with E-state index in [0.29, 0.717) is 16.3 Å². The Balaban J connectivity index is 1.44. The van der Waals surface area contributed by atoms with Gasteiger partial charge in [0.05, 0.1) is 23.4 Å². The molecule has 8 nitrogen and oxygen atoms in total. The van der Waals surface area contributed by atoms with E-state index in [9.17, 15) is 14.4 Å². The van der Waals surface area contributed by atoms with Crippen molar-refractivity contribution in [3.8, 4) is 5.75 Å². The third-order valence-electron chi connectivity index (χ3n) is 5.33. The molecule has 1 fully saturated rings. The van der Waals surface area contributed by atoms with Crippen LogP contribution in [-0.2, 0) is 15.1 Å². The maximum absolute atomic E-state index is 12.9. The number of fused-ring (bicyclic) bond motifs is 1. The molecule has 1 aromatic heterocycles. The van der Waals surface area contributed by atoms with Gasteiger partial charge in [0.15, 0.2) is 0 Å². The number of urea groups is 1. The Morgan fingerprint density at radius 2 is 1.94 bits per heavy atom. The lowest BCUT2D eigenvalue weighted by Gasteiger charge is -2.22. The number of aryl methyl sites for hydroxylation is 1. The Hall–Kier alpha value is -3.59. The highest BCUT2D eigenvalue weighted by molar-refractivity contribution is 7.99. The standard InChI is InChI=1S/C23H22N4O4S/c1-14-11-20(24-18-12-16(31-3)9-10-17(14)18)32-13-19(28)26-27-21(29)23(2,25-22(27)30)15-7-5-4-6-8-15/h4-12H,13H2,1-3H3,(H,25,30)(H,26,28)/t23-/m1/s1. The number of hydrogen-bond donors (Lipinski definition) is 2. The first-order valence-corrected chi connectivity index (χ1v) is 10.9. The number of methoxy groups -OCH3 is 1. The smallest absolute Gasteiger partial charge is 0.344 e. The SMILES string of the molecule is COc1ccc2c(C)cc(SCC(=O)NN3C(=O)N[C@](C)(c4ccccc4)C3=O)nc2c1. The third kappa shape index (κ3) is 3.99. The van der Waals surface area contributed by atoms with Gasteiger partial charge in [0.25, 0.3) is 5.91 Å². The van der Waals surface area contributed by atoms with E-state index in [1.165, 1.54) is 11.8 Å². The molecule has 0 spiro atoms. The summed E-state index contributed by atoms with van der Waals surface area (Å²) in [5, 5.41) is 5.05. The zero-order valence-corrected chi connectivity index (χ0v) is 18.7. The first-order chi connectivity index (χ1) is 15.3. The summed E-state index contributed by atoms with van der Waals surface area (Å²) in [6.07, 6.45) is 0. The number of hydrazine groups is 1. The molecular formula is C23H22N4O4S. The van der Waals surface area contributed by atoms with Crippen molar-refractivity contribution in [1.82, 2.24) is 20.7 Å². The highest BCUT2D eigenvalue weighted by atomic mass is 32.2. The molecule has 9 heteroatoms. The van der Waals surface area contributed by atoms with Crippen molar-refractivity contribution < 1.29 is 19.1 Å². The summed E-state index contributed by atoms with van der Waals surface area (Å²) in [4.78, 5) is 42.4. The van der Waals surface area contributed by atoms with Crippen molar-refractivity contribution in [3.63, 3.8) is 0 Å². The van der Waals surface area contributed by atoms with Gasteiger partial charge in [0.2, 0.25) is 5.91 Å². The molecule has 0 radical (unpaired) electrons. The molecule has 0 bridgehead atoms. The maximum Gasteiger partial charge on any atom is 0.344 e. The Kier molecular flexibility index (Phi) is 5.75. The van der Waals surface area contributed by atoms with E-state index in [0.717, 1.165) is 21.5 Å². The number of hydrogen-bond acceptors (Lipinski definition) is 6. The molecule has 1 aliphatic heterocycles. The molecule has 3 aromatic rings. The lowest BCUT2D eigenvalue weighted by molar-refractivity contribution is -0.138. The first-order valence-electron chi connectivity index (χ1n) is 9.92. The van der Waals surface area contributed by atoms with Crippen LogP contribution in [0, 0.1) is 6.92 Å². The lowest BCUT2D eigenvalue weighted by atomic mass is 9.92. The topological polar surface area (TPSA) is 101 Å². The third-order valence-corrected chi connectivity index (χ3v) is 6.24. The van der Waals surface area contributed by atoms with Crippen LogP contribution in [0.5, 0.6) is 5.75 Å². The highest BCUT2D eigenvalue weighted by Gasteiger charge is 2.49. The van der Waals surface area contributed by atoms with Crippen LogP contribution in [0.3, 0.4) is 0 Å². The molecule has 0 aliphatic carbocycles. The number of ether oxygens (including phenoxy) is 1. The minimum absolute atomic E-state index is 0.0129. The van der Waals surface area contributed by atoms with Gasteiger partial charge in [-0.15, -0.1) is 0 Å². The van der Waals surface area contributed by atoms with Crippen LogP contribution in [-0.4, -0.2) is 40.7 Å². The van der Waals surface area contributed by atoms with E-state index < -0.39 is 23.4 Å². The average molecular weight is 451 g/mol. The van der Waals surface area contributed by atoms with Crippen molar-refractivity contribution >= 4 is 40.5 Å². The van der Waals surface area contributed by atoms with Crippen molar-refractivity contribution in [2.24, 2.45) is 0 Å². The lowest BCUT2D eigenvalue weighted by Crippen LogP contribution is -2.48. The number of carbonyl (C=O) groups excluding carboxylic acids is 3. The van der Waals surface area contributed by atoms with Gasteiger partial charge < -0.3 is 10.1 Å². The number of aromatic nitrogens is 1. The molecular weight excluding hydrogens is 428 g/mol. The van der Waals surface area contributed by atoms with E-state index in [4.69, 9.17) is 4.74 Å². The molecule has 1 atom stereocenters. The first kappa shape index (κ1) is 21.6. The van der Waals surface area contributed by atoms with Gasteiger partial charge in [-0.2, -0.15) is 5.01 Å².